The van der Waals surface area contributed by atoms with Crippen molar-refractivity contribution >= 4 is 0 Å². The summed E-state index contributed by atoms with van der Waals surface area (Å²) in [5, 5.41) is 8.50. The fourth-order valence-corrected chi connectivity index (χ4v) is 1.02. The third-order valence-electron chi connectivity index (χ3n) is 1.67. The Morgan fingerprint density at radius 2 is 2.36 bits per heavy atom. The zero-order valence-electron chi connectivity index (χ0n) is 6.72. The van der Waals surface area contributed by atoms with Crippen LogP contribution >= 0.6 is 0 Å². The van der Waals surface area contributed by atoms with Crippen molar-refractivity contribution in [3.05, 3.63) is 23.5 Å². The highest BCUT2D eigenvalue weighted by atomic mass is 14.7. The van der Waals surface area contributed by atoms with Crippen molar-refractivity contribution in [1.29, 1.82) is 5.26 Å². The predicted molar refractivity (Wildman–Crippen MR) is 44.1 cm³/mol. The molecule has 0 saturated heterocycles. The van der Waals surface area contributed by atoms with Crippen molar-refractivity contribution in [3.63, 3.8) is 0 Å². The maximum absolute atomic E-state index is 8.50. The zero-order valence-corrected chi connectivity index (χ0v) is 6.72. The van der Waals surface area contributed by atoms with Crippen LogP contribution in [0.4, 0.5) is 0 Å². The molecule has 1 heterocycles. The molecule has 0 aromatic carbocycles. The van der Waals surface area contributed by atoms with Crippen LogP contribution in [-0.2, 0) is 6.42 Å². The highest BCUT2D eigenvalue weighted by Crippen LogP contribution is 2.04. The van der Waals surface area contributed by atoms with Crippen LogP contribution in [0.1, 0.15) is 31.2 Å². The number of H-pyrrole nitrogens is 1. The minimum Gasteiger partial charge on any atom is -0.350 e. The average molecular weight is 148 g/mol. The summed E-state index contributed by atoms with van der Waals surface area (Å²) in [5.74, 6) is 0. The van der Waals surface area contributed by atoms with Crippen molar-refractivity contribution in [2.45, 2.75) is 26.2 Å². The summed E-state index contributed by atoms with van der Waals surface area (Å²) < 4.78 is 0. The number of aromatic amines is 1. The van der Waals surface area contributed by atoms with Gasteiger partial charge in [0.05, 0.1) is 0 Å². The fourth-order valence-electron chi connectivity index (χ4n) is 1.02. The normalized spacial score (nSPS) is 9.45. The first-order valence-corrected chi connectivity index (χ1v) is 3.94. The van der Waals surface area contributed by atoms with Crippen molar-refractivity contribution in [2.24, 2.45) is 0 Å². The topological polar surface area (TPSA) is 39.6 Å². The van der Waals surface area contributed by atoms with Gasteiger partial charge in [0.1, 0.15) is 11.8 Å². The fraction of sp³-hybridized carbons (Fsp3) is 0.444. The van der Waals surface area contributed by atoms with Gasteiger partial charge in [0, 0.05) is 5.69 Å². The van der Waals surface area contributed by atoms with Gasteiger partial charge < -0.3 is 4.98 Å². The van der Waals surface area contributed by atoms with E-state index in [0.717, 1.165) is 6.42 Å². The van der Waals surface area contributed by atoms with Crippen molar-refractivity contribution in [1.82, 2.24) is 4.98 Å². The van der Waals surface area contributed by atoms with Gasteiger partial charge in [0.25, 0.3) is 0 Å². The lowest BCUT2D eigenvalue weighted by Crippen LogP contribution is -1.83. The van der Waals surface area contributed by atoms with E-state index in [1.807, 2.05) is 12.1 Å². The molecule has 1 aromatic rings. The maximum atomic E-state index is 8.50. The predicted octanol–water partition coefficient (Wildman–Crippen LogP) is 2.23. The van der Waals surface area contributed by atoms with Crippen molar-refractivity contribution in [3.8, 4) is 6.07 Å². The van der Waals surface area contributed by atoms with Gasteiger partial charge >= 0.3 is 0 Å². The molecule has 0 aliphatic heterocycles. The largest absolute Gasteiger partial charge is 0.350 e. The Morgan fingerprint density at radius 1 is 1.55 bits per heavy atom. The average Bonchev–Trinajstić information content (AvgIpc) is 2.48. The second kappa shape index (κ2) is 3.82. The number of rotatable bonds is 3. The van der Waals surface area contributed by atoms with E-state index in [4.69, 9.17) is 5.26 Å². The second-order valence-corrected chi connectivity index (χ2v) is 2.61. The van der Waals surface area contributed by atoms with Gasteiger partial charge in [-0.15, -0.1) is 0 Å². The summed E-state index contributed by atoms with van der Waals surface area (Å²) in [4.78, 5) is 3.04. The Bertz CT molecular complexity index is 255. The van der Waals surface area contributed by atoms with Crippen LogP contribution in [0.3, 0.4) is 0 Å². The van der Waals surface area contributed by atoms with E-state index in [-0.39, 0.29) is 0 Å². The summed E-state index contributed by atoms with van der Waals surface area (Å²) in [6, 6.07) is 5.87. The Balaban J connectivity index is 2.53. The summed E-state index contributed by atoms with van der Waals surface area (Å²) >= 11 is 0. The SMILES string of the molecule is CCCCc1ccc(C#N)[nH]1. The van der Waals surface area contributed by atoms with E-state index in [1.165, 1.54) is 18.5 Å². The van der Waals surface area contributed by atoms with Gasteiger partial charge in [-0.3, -0.25) is 0 Å². The molecular formula is C9H12N2. The van der Waals surface area contributed by atoms with E-state index < -0.39 is 0 Å². The molecule has 0 aliphatic rings. The van der Waals surface area contributed by atoms with Crippen LogP contribution in [0.5, 0.6) is 0 Å². The molecule has 1 rings (SSSR count). The van der Waals surface area contributed by atoms with Crippen molar-refractivity contribution in [2.75, 3.05) is 0 Å². The molecule has 1 aromatic heterocycles. The molecule has 11 heavy (non-hydrogen) atoms. The lowest BCUT2D eigenvalue weighted by Gasteiger charge is -1.92. The number of aromatic nitrogens is 1. The van der Waals surface area contributed by atoms with Crippen molar-refractivity contribution < 1.29 is 0 Å². The van der Waals surface area contributed by atoms with Crippen LogP contribution < -0.4 is 0 Å². The third-order valence-corrected chi connectivity index (χ3v) is 1.67. The summed E-state index contributed by atoms with van der Waals surface area (Å²) in [5.41, 5.74) is 1.83. The summed E-state index contributed by atoms with van der Waals surface area (Å²) in [7, 11) is 0. The minimum atomic E-state index is 0.663. The maximum Gasteiger partial charge on any atom is 0.117 e. The molecule has 2 heteroatoms. The molecule has 0 unspecified atom stereocenters. The molecule has 0 aliphatic carbocycles. The molecule has 0 atom stereocenters. The molecule has 0 radical (unpaired) electrons. The minimum absolute atomic E-state index is 0.663. The monoisotopic (exact) mass is 148 g/mol. The van der Waals surface area contributed by atoms with Crippen LogP contribution in [0.15, 0.2) is 12.1 Å². The van der Waals surface area contributed by atoms with Gasteiger partial charge in [-0.2, -0.15) is 5.26 Å². The van der Waals surface area contributed by atoms with Crippen LogP contribution in [0.2, 0.25) is 0 Å². The lowest BCUT2D eigenvalue weighted by molar-refractivity contribution is 0.780. The first-order chi connectivity index (χ1) is 5.36. The molecule has 58 valence electrons. The Kier molecular flexibility index (Phi) is 2.74. The molecule has 1 N–H and O–H groups in total. The van der Waals surface area contributed by atoms with E-state index >= 15 is 0 Å². The van der Waals surface area contributed by atoms with E-state index in [9.17, 15) is 0 Å². The summed E-state index contributed by atoms with van der Waals surface area (Å²) in [6.45, 7) is 2.16. The van der Waals surface area contributed by atoms with E-state index in [2.05, 4.69) is 18.0 Å². The standard InChI is InChI=1S/C9H12N2/c1-2-3-4-8-5-6-9(7-10)11-8/h5-6,11H,2-4H2,1H3. The highest BCUT2D eigenvalue weighted by Gasteiger charge is 1.95. The van der Waals surface area contributed by atoms with Gasteiger partial charge in [0.2, 0.25) is 0 Å². The number of unbranched alkanes of at least 4 members (excludes halogenated alkanes) is 1. The second-order valence-electron chi connectivity index (χ2n) is 2.61. The van der Waals surface area contributed by atoms with Crippen LogP contribution in [-0.4, -0.2) is 4.98 Å². The van der Waals surface area contributed by atoms with E-state index in [0.29, 0.717) is 5.69 Å². The quantitative estimate of drug-likeness (QED) is 0.701. The molecule has 0 amide bonds. The molecule has 2 nitrogen and oxygen atoms in total. The first kappa shape index (κ1) is 7.87. The molecule has 0 saturated carbocycles. The van der Waals surface area contributed by atoms with Gasteiger partial charge in [-0.05, 0) is 25.0 Å². The Morgan fingerprint density at radius 3 is 2.91 bits per heavy atom. The molecule has 0 spiro atoms. The van der Waals surface area contributed by atoms with Gasteiger partial charge in [-0.1, -0.05) is 13.3 Å². The molecule has 0 fully saturated rings. The number of hydrogen-bond acceptors (Lipinski definition) is 1. The Hall–Kier alpha value is -1.23. The van der Waals surface area contributed by atoms with Crippen LogP contribution in [0.25, 0.3) is 0 Å². The number of hydrogen-bond donors (Lipinski definition) is 1. The molecule has 0 bridgehead atoms. The smallest absolute Gasteiger partial charge is 0.117 e. The third kappa shape index (κ3) is 2.12. The first-order valence-electron chi connectivity index (χ1n) is 3.94. The highest BCUT2D eigenvalue weighted by molar-refractivity contribution is 5.24. The lowest BCUT2D eigenvalue weighted by atomic mass is 10.2. The van der Waals surface area contributed by atoms with Gasteiger partial charge in [-0.25, -0.2) is 0 Å². The van der Waals surface area contributed by atoms with Crippen LogP contribution in [0, 0.1) is 11.3 Å². The number of nitrogens with one attached hydrogen (secondary N) is 1. The van der Waals surface area contributed by atoms with Gasteiger partial charge in [0.15, 0.2) is 0 Å². The zero-order chi connectivity index (χ0) is 8.10. The molecular weight excluding hydrogens is 136 g/mol. The number of aryl methyl sites for hydroxylation is 1. The number of nitrogens with zero attached hydrogens (tertiary/aromatic N) is 1. The summed E-state index contributed by atoms with van der Waals surface area (Å²) in [6.07, 6.45) is 3.43. The van der Waals surface area contributed by atoms with E-state index in [1.54, 1.807) is 0 Å². The Labute approximate surface area is 66.9 Å². The number of nitriles is 1.